The molecule has 0 saturated heterocycles. The van der Waals surface area contributed by atoms with E-state index in [1.165, 1.54) is 6.07 Å². The van der Waals surface area contributed by atoms with Crippen molar-refractivity contribution in [1.82, 2.24) is 9.97 Å². The molecule has 25 heavy (non-hydrogen) atoms. The summed E-state index contributed by atoms with van der Waals surface area (Å²) in [5.41, 5.74) is 2.75. The highest BCUT2D eigenvalue weighted by Gasteiger charge is 2.44. The molecule has 126 valence electrons. The van der Waals surface area contributed by atoms with Crippen LogP contribution in [0.15, 0.2) is 53.7 Å². The fourth-order valence-corrected chi connectivity index (χ4v) is 3.31. The van der Waals surface area contributed by atoms with E-state index in [0.29, 0.717) is 5.82 Å². The Labute approximate surface area is 146 Å². The van der Waals surface area contributed by atoms with Crippen LogP contribution in [0.1, 0.15) is 44.6 Å². The fourth-order valence-electron chi connectivity index (χ4n) is 3.31. The molecule has 0 radical (unpaired) electrons. The Hall–Kier alpha value is -2.62. The third kappa shape index (κ3) is 2.36. The summed E-state index contributed by atoms with van der Waals surface area (Å²) in [7, 11) is 0. The Morgan fingerprint density at radius 2 is 1.72 bits per heavy atom. The highest BCUT2D eigenvalue weighted by atomic mass is 19.1. The summed E-state index contributed by atoms with van der Waals surface area (Å²) < 4.78 is 14.0. The van der Waals surface area contributed by atoms with Gasteiger partial charge in [0.15, 0.2) is 5.82 Å². The summed E-state index contributed by atoms with van der Waals surface area (Å²) in [6.07, 6.45) is 1.82. The SMILES string of the molecule is CC1(C)N=C(c2ncc3ccccc3n2)c2ccc(F)cc2C1(C)C. The minimum atomic E-state index is -0.405. The van der Waals surface area contributed by atoms with Gasteiger partial charge in [0.1, 0.15) is 11.5 Å². The highest BCUT2D eigenvalue weighted by molar-refractivity contribution is 6.13. The van der Waals surface area contributed by atoms with Crippen molar-refractivity contribution in [1.29, 1.82) is 0 Å². The van der Waals surface area contributed by atoms with Crippen LogP contribution in [0.4, 0.5) is 4.39 Å². The molecule has 0 N–H and O–H groups in total. The first kappa shape index (κ1) is 15.9. The normalized spacial score (nSPS) is 17.9. The molecule has 4 heteroatoms. The molecule has 0 atom stereocenters. The van der Waals surface area contributed by atoms with Crippen molar-refractivity contribution in [3.8, 4) is 0 Å². The molecule has 1 aliphatic heterocycles. The Bertz CT molecular complexity index is 1020. The van der Waals surface area contributed by atoms with Gasteiger partial charge in [-0.25, -0.2) is 14.4 Å². The fraction of sp³-hybridized carbons (Fsp3) is 0.286. The predicted molar refractivity (Wildman–Crippen MR) is 98.7 cm³/mol. The lowest BCUT2D eigenvalue weighted by Crippen LogP contribution is -2.46. The van der Waals surface area contributed by atoms with E-state index in [0.717, 1.165) is 27.7 Å². The van der Waals surface area contributed by atoms with Gasteiger partial charge in [-0.2, -0.15) is 0 Å². The zero-order valence-electron chi connectivity index (χ0n) is 14.8. The van der Waals surface area contributed by atoms with Crippen LogP contribution in [0, 0.1) is 5.82 Å². The molecule has 0 bridgehead atoms. The van der Waals surface area contributed by atoms with Gasteiger partial charge in [-0.3, -0.25) is 4.99 Å². The van der Waals surface area contributed by atoms with Gasteiger partial charge in [-0.05, 0) is 43.7 Å². The topological polar surface area (TPSA) is 38.1 Å². The van der Waals surface area contributed by atoms with Crippen molar-refractivity contribution in [2.75, 3.05) is 0 Å². The molecular weight excluding hydrogens is 313 g/mol. The summed E-state index contributed by atoms with van der Waals surface area (Å²) in [5, 5.41) is 0.988. The molecule has 0 amide bonds. The van der Waals surface area contributed by atoms with Gasteiger partial charge in [0.05, 0.1) is 11.1 Å². The van der Waals surface area contributed by atoms with E-state index >= 15 is 0 Å². The van der Waals surface area contributed by atoms with Crippen LogP contribution >= 0.6 is 0 Å². The van der Waals surface area contributed by atoms with E-state index in [-0.39, 0.29) is 11.2 Å². The van der Waals surface area contributed by atoms with Crippen LogP contribution < -0.4 is 0 Å². The third-order valence-corrected chi connectivity index (χ3v) is 5.53. The summed E-state index contributed by atoms with van der Waals surface area (Å²) >= 11 is 0. The minimum Gasteiger partial charge on any atom is -0.274 e. The standard InChI is InChI=1S/C21H20FN3/c1-20(2)16-11-14(22)9-10-15(16)18(25-21(20,3)4)19-23-12-13-7-5-6-8-17(13)24-19/h5-12H,1-4H3. The second kappa shape index (κ2) is 5.19. The number of nitrogens with zero attached hydrogens (tertiary/aromatic N) is 3. The van der Waals surface area contributed by atoms with Crippen molar-refractivity contribution in [2.24, 2.45) is 4.99 Å². The molecule has 1 aliphatic rings. The zero-order chi connectivity index (χ0) is 17.8. The smallest absolute Gasteiger partial charge is 0.178 e. The second-order valence-corrected chi connectivity index (χ2v) is 7.59. The largest absolute Gasteiger partial charge is 0.274 e. The quantitative estimate of drug-likeness (QED) is 0.649. The molecule has 2 aromatic carbocycles. The molecule has 1 aromatic heterocycles. The molecule has 0 saturated carbocycles. The molecule has 3 nitrogen and oxygen atoms in total. The lowest BCUT2D eigenvalue weighted by molar-refractivity contribution is 0.302. The number of aliphatic imine (C=N–C) groups is 1. The molecule has 4 rings (SSSR count). The van der Waals surface area contributed by atoms with Gasteiger partial charge in [0.2, 0.25) is 0 Å². The Morgan fingerprint density at radius 3 is 2.52 bits per heavy atom. The monoisotopic (exact) mass is 333 g/mol. The van der Waals surface area contributed by atoms with Crippen LogP contribution in [-0.4, -0.2) is 21.2 Å². The van der Waals surface area contributed by atoms with E-state index < -0.39 is 5.54 Å². The van der Waals surface area contributed by atoms with E-state index in [2.05, 4.69) is 32.7 Å². The number of rotatable bonds is 1. The zero-order valence-corrected chi connectivity index (χ0v) is 14.8. The van der Waals surface area contributed by atoms with Gasteiger partial charge in [-0.15, -0.1) is 0 Å². The first-order chi connectivity index (χ1) is 11.8. The van der Waals surface area contributed by atoms with Crippen molar-refractivity contribution < 1.29 is 4.39 Å². The summed E-state index contributed by atoms with van der Waals surface area (Å²) in [5.74, 6) is 0.346. The summed E-state index contributed by atoms with van der Waals surface area (Å²) in [6.45, 7) is 8.35. The summed E-state index contributed by atoms with van der Waals surface area (Å²) in [4.78, 5) is 14.2. The van der Waals surface area contributed by atoms with E-state index in [4.69, 9.17) is 9.98 Å². The number of hydrogen-bond acceptors (Lipinski definition) is 3. The highest BCUT2D eigenvalue weighted by Crippen LogP contribution is 2.43. The average Bonchev–Trinajstić information content (AvgIpc) is 2.58. The predicted octanol–water partition coefficient (Wildman–Crippen LogP) is 4.68. The molecular formula is C21H20FN3. The summed E-state index contributed by atoms with van der Waals surface area (Å²) in [6, 6.07) is 12.8. The minimum absolute atomic E-state index is 0.233. The number of fused-ring (bicyclic) bond motifs is 2. The van der Waals surface area contributed by atoms with E-state index in [1.807, 2.05) is 30.5 Å². The van der Waals surface area contributed by atoms with Gasteiger partial charge in [0, 0.05) is 22.6 Å². The Balaban J connectivity index is 1.98. The number of benzene rings is 2. The van der Waals surface area contributed by atoms with Gasteiger partial charge < -0.3 is 0 Å². The number of aromatic nitrogens is 2. The number of halogens is 1. The van der Waals surface area contributed by atoms with E-state index in [9.17, 15) is 4.39 Å². The molecule has 0 fully saturated rings. The lowest BCUT2D eigenvalue weighted by atomic mass is 9.66. The van der Waals surface area contributed by atoms with Crippen LogP contribution in [-0.2, 0) is 5.41 Å². The maximum atomic E-state index is 14.0. The van der Waals surface area contributed by atoms with E-state index in [1.54, 1.807) is 12.1 Å². The third-order valence-electron chi connectivity index (χ3n) is 5.53. The Kier molecular flexibility index (Phi) is 3.29. The van der Waals surface area contributed by atoms with Gasteiger partial charge in [-0.1, -0.05) is 32.0 Å². The first-order valence-corrected chi connectivity index (χ1v) is 8.42. The van der Waals surface area contributed by atoms with Crippen LogP contribution in [0.3, 0.4) is 0 Å². The van der Waals surface area contributed by atoms with Crippen LogP contribution in [0.5, 0.6) is 0 Å². The number of para-hydroxylation sites is 1. The molecule has 3 aromatic rings. The van der Waals surface area contributed by atoms with Crippen molar-refractivity contribution in [3.63, 3.8) is 0 Å². The maximum absolute atomic E-state index is 14.0. The first-order valence-electron chi connectivity index (χ1n) is 8.42. The second-order valence-electron chi connectivity index (χ2n) is 7.59. The van der Waals surface area contributed by atoms with Crippen molar-refractivity contribution in [3.05, 3.63) is 71.4 Å². The molecule has 0 spiro atoms. The molecule has 2 heterocycles. The van der Waals surface area contributed by atoms with Gasteiger partial charge >= 0.3 is 0 Å². The Morgan fingerprint density at radius 1 is 0.960 bits per heavy atom. The lowest BCUT2D eigenvalue weighted by Gasteiger charge is -2.44. The molecule has 0 unspecified atom stereocenters. The molecule has 0 aliphatic carbocycles. The average molecular weight is 333 g/mol. The van der Waals surface area contributed by atoms with Gasteiger partial charge in [0.25, 0.3) is 0 Å². The maximum Gasteiger partial charge on any atom is 0.178 e. The van der Waals surface area contributed by atoms with Crippen LogP contribution in [0.2, 0.25) is 0 Å². The number of hydrogen-bond donors (Lipinski definition) is 0. The van der Waals surface area contributed by atoms with Crippen molar-refractivity contribution >= 4 is 16.6 Å². The van der Waals surface area contributed by atoms with Crippen molar-refractivity contribution in [2.45, 2.75) is 38.6 Å². The van der Waals surface area contributed by atoms with Crippen LogP contribution in [0.25, 0.3) is 10.9 Å².